The molecule has 1 unspecified atom stereocenters. The number of hydrogen-bond donors (Lipinski definition) is 1. The second-order valence-electron chi connectivity index (χ2n) is 8.19. The molecule has 0 spiro atoms. The molecule has 0 bridgehead atoms. The Morgan fingerprint density at radius 3 is 2.72 bits per heavy atom. The van der Waals surface area contributed by atoms with Gasteiger partial charge < -0.3 is 15.0 Å². The van der Waals surface area contributed by atoms with Crippen molar-refractivity contribution in [3.63, 3.8) is 0 Å². The van der Waals surface area contributed by atoms with Crippen LogP contribution in [0.2, 0.25) is 0 Å². The van der Waals surface area contributed by atoms with Gasteiger partial charge in [-0.3, -0.25) is 14.2 Å². The van der Waals surface area contributed by atoms with Crippen LogP contribution in [0.1, 0.15) is 23.8 Å². The standard InChI is InChI=1S/C23H26N4O3S2/c1-14(20(28)24-15-6-8-16(9-7-15)27-10-12-30-13-11-27)31-23-25-21-19(22(29)26(23)2)17-4-3-5-18(17)32-21/h6-9,14H,3-5,10-13H2,1-2H3,(H,24,28). The molecule has 1 amide bonds. The maximum absolute atomic E-state index is 13.0. The number of thiophene rings is 1. The molecule has 2 aliphatic rings. The number of thioether (sulfide) groups is 1. The number of nitrogens with zero attached hydrogens (tertiary/aromatic N) is 3. The Morgan fingerprint density at radius 1 is 1.22 bits per heavy atom. The molecule has 5 rings (SSSR count). The van der Waals surface area contributed by atoms with Gasteiger partial charge in [0.2, 0.25) is 5.91 Å². The fourth-order valence-electron chi connectivity index (χ4n) is 4.24. The predicted molar refractivity (Wildman–Crippen MR) is 130 cm³/mol. The average Bonchev–Trinajstić information content (AvgIpc) is 3.39. The zero-order valence-corrected chi connectivity index (χ0v) is 19.9. The number of ether oxygens (including phenoxy) is 1. The van der Waals surface area contributed by atoms with Crippen LogP contribution in [0.25, 0.3) is 10.2 Å². The third-order valence-corrected chi connectivity index (χ3v) is 8.40. The zero-order valence-electron chi connectivity index (χ0n) is 18.2. The maximum Gasteiger partial charge on any atom is 0.262 e. The predicted octanol–water partition coefficient (Wildman–Crippen LogP) is 3.44. The van der Waals surface area contributed by atoms with E-state index in [9.17, 15) is 9.59 Å². The van der Waals surface area contributed by atoms with Gasteiger partial charge in [0.1, 0.15) is 4.83 Å². The van der Waals surface area contributed by atoms with E-state index in [1.807, 2.05) is 31.2 Å². The van der Waals surface area contributed by atoms with Crippen molar-refractivity contribution >= 4 is 50.6 Å². The number of hydrogen-bond acceptors (Lipinski definition) is 7. The van der Waals surface area contributed by atoms with Crippen LogP contribution in [0.4, 0.5) is 11.4 Å². The number of benzene rings is 1. The highest BCUT2D eigenvalue weighted by Crippen LogP contribution is 2.36. The molecule has 1 aliphatic heterocycles. The van der Waals surface area contributed by atoms with Crippen molar-refractivity contribution in [3.8, 4) is 0 Å². The molecule has 0 radical (unpaired) electrons. The Labute approximate surface area is 194 Å². The number of anilines is 2. The maximum atomic E-state index is 13.0. The number of rotatable bonds is 5. The van der Waals surface area contributed by atoms with E-state index in [0.717, 1.165) is 67.2 Å². The van der Waals surface area contributed by atoms with Crippen molar-refractivity contribution in [2.75, 3.05) is 36.5 Å². The lowest BCUT2D eigenvalue weighted by Crippen LogP contribution is -2.36. The Balaban J connectivity index is 1.28. The molecule has 168 valence electrons. The third-order valence-electron chi connectivity index (χ3n) is 6.07. The molecule has 3 aromatic rings. The van der Waals surface area contributed by atoms with Gasteiger partial charge in [-0.2, -0.15) is 0 Å². The lowest BCUT2D eigenvalue weighted by molar-refractivity contribution is -0.115. The van der Waals surface area contributed by atoms with Gasteiger partial charge >= 0.3 is 0 Å². The number of fused-ring (bicyclic) bond motifs is 3. The summed E-state index contributed by atoms with van der Waals surface area (Å²) in [5, 5.41) is 3.93. The van der Waals surface area contributed by atoms with Crippen LogP contribution in [-0.2, 0) is 29.4 Å². The number of aryl methyl sites for hydroxylation is 2. The summed E-state index contributed by atoms with van der Waals surface area (Å²) in [4.78, 5) is 34.9. The summed E-state index contributed by atoms with van der Waals surface area (Å²) in [5.41, 5.74) is 3.06. The van der Waals surface area contributed by atoms with E-state index >= 15 is 0 Å². The van der Waals surface area contributed by atoms with E-state index in [2.05, 4.69) is 10.2 Å². The van der Waals surface area contributed by atoms with Crippen molar-refractivity contribution < 1.29 is 9.53 Å². The Bertz CT molecular complexity index is 1210. The van der Waals surface area contributed by atoms with E-state index in [1.165, 1.54) is 22.2 Å². The highest BCUT2D eigenvalue weighted by Gasteiger charge is 2.24. The first kappa shape index (κ1) is 21.5. The lowest BCUT2D eigenvalue weighted by Gasteiger charge is -2.28. The first-order valence-electron chi connectivity index (χ1n) is 10.9. The number of carbonyl (C=O) groups is 1. The van der Waals surface area contributed by atoms with Gasteiger partial charge in [0, 0.05) is 36.4 Å². The summed E-state index contributed by atoms with van der Waals surface area (Å²) in [5.74, 6) is -0.114. The Morgan fingerprint density at radius 2 is 1.97 bits per heavy atom. The van der Waals surface area contributed by atoms with Crippen LogP contribution in [0.3, 0.4) is 0 Å². The second-order valence-corrected chi connectivity index (χ2v) is 10.6. The van der Waals surface area contributed by atoms with Crippen LogP contribution >= 0.6 is 23.1 Å². The van der Waals surface area contributed by atoms with E-state index < -0.39 is 5.25 Å². The van der Waals surface area contributed by atoms with Gasteiger partial charge in [0.25, 0.3) is 5.56 Å². The smallest absolute Gasteiger partial charge is 0.262 e. The molecule has 0 saturated carbocycles. The summed E-state index contributed by atoms with van der Waals surface area (Å²) in [6.45, 7) is 5.07. The van der Waals surface area contributed by atoms with Crippen molar-refractivity contribution in [2.24, 2.45) is 7.05 Å². The first-order valence-corrected chi connectivity index (χ1v) is 12.6. The summed E-state index contributed by atoms with van der Waals surface area (Å²) in [6.07, 6.45) is 3.11. The first-order chi connectivity index (χ1) is 15.5. The van der Waals surface area contributed by atoms with Gasteiger partial charge in [0.15, 0.2) is 5.16 Å². The van der Waals surface area contributed by atoms with Crippen LogP contribution in [0.5, 0.6) is 0 Å². The number of aromatic nitrogens is 2. The quantitative estimate of drug-likeness (QED) is 0.455. The Hall–Kier alpha value is -2.36. The van der Waals surface area contributed by atoms with Crippen molar-refractivity contribution in [1.29, 1.82) is 0 Å². The third kappa shape index (κ3) is 4.04. The van der Waals surface area contributed by atoms with E-state index in [4.69, 9.17) is 9.72 Å². The molecule has 32 heavy (non-hydrogen) atoms. The summed E-state index contributed by atoms with van der Waals surface area (Å²) in [7, 11) is 1.74. The molecule has 7 nitrogen and oxygen atoms in total. The highest BCUT2D eigenvalue weighted by atomic mass is 32.2. The normalized spacial score (nSPS) is 16.9. The summed E-state index contributed by atoms with van der Waals surface area (Å²) in [6, 6.07) is 7.89. The minimum atomic E-state index is -0.392. The summed E-state index contributed by atoms with van der Waals surface area (Å²) < 4.78 is 6.98. The van der Waals surface area contributed by atoms with E-state index in [0.29, 0.717) is 5.16 Å². The minimum Gasteiger partial charge on any atom is -0.378 e. The molecule has 9 heteroatoms. The van der Waals surface area contributed by atoms with Gasteiger partial charge in [0.05, 0.1) is 23.8 Å². The van der Waals surface area contributed by atoms with Crippen LogP contribution in [-0.4, -0.2) is 47.0 Å². The number of carbonyl (C=O) groups excluding carboxylic acids is 1. The molecule has 2 aromatic heterocycles. The molecule has 3 heterocycles. The average molecular weight is 471 g/mol. The highest BCUT2D eigenvalue weighted by molar-refractivity contribution is 8.00. The zero-order chi connectivity index (χ0) is 22.2. The SMILES string of the molecule is CC(Sc1nc2sc3c(c2c(=O)n1C)CCC3)C(=O)Nc1ccc(N2CCOCC2)cc1. The molecular weight excluding hydrogens is 444 g/mol. The van der Waals surface area contributed by atoms with Crippen molar-refractivity contribution in [2.45, 2.75) is 36.6 Å². The molecule has 1 aliphatic carbocycles. The molecule has 1 N–H and O–H groups in total. The summed E-state index contributed by atoms with van der Waals surface area (Å²) >= 11 is 2.94. The van der Waals surface area contributed by atoms with Gasteiger partial charge in [-0.05, 0) is 56.0 Å². The van der Waals surface area contributed by atoms with Crippen molar-refractivity contribution in [1.82, 2.24) is 9.55 Å². The Kier molecular flexibility index (Phi) is 5.96. The van der Waals surface area contributed by atoms with Crippen LogP contribution in [0, 0.1) is 0 Å². The fourth-order valence-corrected chi connectivity index (χ4v) is 6.42. The molecule has 1 fully saturated rings. The largest absolute Gasteiger partial charge is 0.378 e. The molecule has 1 saturated heterocycles. The fraction of sp³-hybridized carbons (Fsp3) is 0.435. The van der Waals surface area contributed by atoms with Crippen LogP contribution in [0.15, 0.2) is 34.2 Å². The molecule has 1 atom stereocenters. The number of morpholine rings is 1. The van der Waals surface area contributed by atoms with Gasteiger partial charge in [-0.1, -0.05) is 11.8 Å². The lowest BCUT2D eigenvalue weighted by atomic mass is 10.2. The minimum absolute atomic E-state index is 0.0109. The van der Waals surface area contributed by atoms with Crippen molar-refractivity contribution in [3.05, 3.63) is 45.1 Å². The van der Waals surface area contributed by atoms with Gasteiger partial charge in [-0.25, -0.2) is 4.98 Å². The molecular formula is C23H26N4O3S2. The number of nitrogens with one attached hydrogen (secondary N) is 1. The monoisotopic (exact) mass is 470 g/mol. The second kappa shape index (κ2) is 8.88. The van der Waals surface area contributed by atoms with E-state index in [-0.39, 0.29) is 11.5 Å². The molecule has 1 aromatic carbocycles. The topological polar surface area (TPSA) is 76.5 Å². The number of amides is 1. The van der Waals surface area contributed by atoms with E-state index in [1.54, 1.807) is 23.0 Å². The van der Waals surface area contributed by atoms with Gasteiger partial charge in [-0.15, -0.1) is 11.3 Å². The van der Waals surface area contributed by atoms with Crippen LogP contribution < -0.4 is 15.8 Å².